The molecule has 1 aromatic rings. The minimum absolute atomic E-state index is 0.378. The fraction of sp³-hybridized carbons (Fsp3) is 0.429. The summed E-state index contributed by atoms with van der Waals surface area (Å²) in [5.41, 5.74) is 11.1. The third-order valence-corrected chi connectivity index (χ3v) is 3.46. The Morgan fingerprint density at radius 3 is 2.64 bits per heavy atom. The number of hydrogen-bond acceptors (Lipinski definition) is 3. The smallest absolute Gasteiger partial charge is 0.0702 e. The van der Waals surface area contributed by atoms with E-state index in [4.69, 9.17) is 11.5 Å². The molecule has 1 rings (SSSR count). The van der Waals surface area contributed by atoms with Gasteiger partial charge in [0.2, 0.25) is 0 Å². The van der Waals surface area contributed by atoms with Gasteiger partial charge >= 0.3 is 0 Å². The summed E-state index contributed by atoms with van der Waals surface area (Å²) in [5.74, 6) is 0. The third kappa shape index (κ3) is 2.02. The van der Waals surface area contributed by atoms with Gasteiger partial charge in [-0.05, 0) is 35.0 Å². The first-order chi connectivity index (χ1) is 5.06. The number of thiophene rings is 1. The number of nitrogens with two attached hydrogens (primary N) is 2. The van der Waals surface area contributed by atoms with Gasteiger partial charge in [-0.25, -0.2) is 0 Å². The van der Waals surface area contributed by atoms with Crippen molar-refractivity contribution in [2.45, 2.75) is 12.5 Å². The van der Waals surface area contributed by atoms with E-state index in [1.807, 2.05) is 19.1 Å². The SMILES string of the molecule is CC(N)(CN)c1ccc(Br)s1. The molecule has 4 heteroatoms. The molecule has 0 aromatic carbocycles. The molecule has 0 aliphatic carbocycles. The maximum absolute atomic E-state index is 5.92. The summed E-state index contributed by atoms with van der Waals surface area (Å²) in [6.07, 6.45) is 0. The van der Waals surface area contributed by atoms with E-state index in [1.54, 1.807) is 11.3 Å². The molecule has 0 fully saturated rings. The fourth-order valence-corrected chi connectivity index (χ4v) is 2.18. The van der Waals surface area contributed by atoms with Crippen molar-refractivity contribution in [1.82, 2.24) is 0 Å². The summed E-state index contributed by atoms with van der Waals surface area (Å²) < 4.78 is 1.10. The fourth-order valence-electron chi connectivity index (χ4n) is 0.722. The van der Waals surface area contributed by atoms with Crippen LogP contribution in [0.1, 0.15) is 11.8 Å². The summed E-state index contributed by atoms with van der Waals surface area (Å²) in [6, 6.07) is 3.99. The van der Waals surface area contributed by atoms with Gasteiger partial charge < -0.3 is 11.5 Å². The second-order valence-electron chi connectivity index (χ2n) is 2.73. The predicted octanol–water partition coefficient (Wildman–Crippen LogP) is 1.64. The quantitative estimate of drug-likeness (QED) is 0.818. The molecule has 0 saturated carbocycles. The molecule has 2 nitrogen and oxygen atoms in total. The van der Waals surface area contributed by atoms with Crippen LogP contribution in [0.2, 0.25) is 0 Å². The molecule has 0 aliphatic heterocycles. The van der Waals surface area contributed by atoms with E-state index in [9.17, 15) is 0 Å². The Hall–Kier alpha value is 0.1000. The number of rotatable bonds is 2. The second kappa shape index (κ2) is 3.23. The zero-order chi connectivity index (χ0) is 8.48. The Labute approximate surface area is 78.7 Å². The van der Waals surface area contributed by atoms with E-state index < -0.39 is 0 Å². The summed E-state index contributed by atoms with van der Waals surface area (Å²) in [5, 5.41) is 0. The highest BCUT2D eigenvalue weighted by Crippen LogP contribution is 2.28. The van der Waals surface area contributed by atoms with E-state index in [0.29, 0.717) is 6.54 Å². The summed E-state index contributed by atoms with van der Waals surface area (Å²) in [4.78, 5) is 1.12. The van der Waals surface area contributed by atoms with Crippen LogP contribution in [0.4, 0.5) is 0 Å². The minimum Gasteiger partial charge on any atom is -0.328 e. The van der Waals surface area contributed by atoms with E-state index >= 15 is 0 Å². The predicted molar refractivity (Wildman–Crippen MR) is 52.6 cm³/mol. The van der Waals surface area contributed by atoms with Crippen LogP contribution in [-0.4, -0.2) is 6.54 Å². The van der Waals surface area contributed by atoms with Crippen LogP contribution < -0.4 is 11.5 Å². The standard InChI is InChI=1S/C7H11BrN2S/c1-7(10,4-9)5-2-3-6(8)11-5/h2-3H,4,9-10H2,1H3. The number of halogens is 1. The van der Waals surface area contributed by atoms with Gasteiger partial charge in [0.25, 0.3) is 0 Å². The lowest BCUT2D eigenvalue weighted by atomic mass is 10.0. The second-order valence-corrected chi connectivity index (χ2v) is 5.19. The van der Waals surface area contributed by atoms with Gasteiger partial charge in [-0.2, -0.15) is 0 Å². The van der Waals surface area contributed by atoms with E-state index in [1.165, 1.54) is 0 Å². The van der Waals surface area contributed by atoms with Crippen molar-refractivity contribution in [3.05, 3.63) is 20.8 Å². The van der Waals surface area contributed by atoms with Crippen molar-refractivity contribution in [1.29, 1.82) is 0 Å². The summed E-state index contributed by atoms with van der Waals surface area (Å²) >= 11 is 5.01. The molecule has 1 heterocycles. The molecule has 11 heavy (non-hydrogen) atoms. The third-order valence-electron chi connectivity index (χ3n) is 1.56. The summed E-state index contributed by atoms with van der Waals surface area (Å²) in [7, 11) is 0. The number of hydrogen-bond donors (Lipinski definition) is 2. The van der Waals surface area contributed by atoms with Crippen molar-refractivity contribution in [2.24, 2.45) is 11.5 Å². The molecule has 0 aliphatic rings. The first-order valence-corrected chi connectivity index (χ1v) is 4.92. The van der Waals surface area contributed by atoms with Gasteiger partial charge in [0.15, 0.2) is 0 Å². The molecule has 62 valence electrons. The van der Waals surface area contributed by atoms with Crippen LogP contribution in [0.3, 0.4) is 0 Å². The van der Waals surface area contributed by atoms with Gasteiger partial charge in [-0.15, -0.1) is 11.3 Å². The highest BCUT2D eigenvalue weighted by Gasteiger charge is 2.20. The largest absolute Gasteiger partial charge is 0.328 e. The van der Waals surface area contributed by atoms with Gasteiger partial charge in [-0.3, -0.25) is 0 Å². The Morgan fingerprint density at radius 2 is 2.27 bits per heavy atom. The van der Waals surface area contributed by atoms with Crippen molar-refractivity contribution in [3.63, 3.8) is 0 Å². The molecule has 1 atom stereocenters. The first kappa shape index (κ1) is 9.19. The Bertz CT molecular complexity index is 244. The molecule has 1 aromatic heterocycles. The van der Waals surface area contributed by atoms with Gasteiger partial charge in [0, 0.05) is 11.4 Å². The van der Waals surface area contributed by atoms with Gasteiger partial charge in [0.1, 0.15) is 0 Å². The van der Waals surface area contributed by atoms with Crippen LogP contribution in [0.5, 0.6) is 0 Å². The van der Waals surface area contributed by atoms with E-state index in [2.05, 4.69) is 15.9 Å². The zero-order valence-electron chi connectivity index (χ0n) is 6.30. The molecule has 0 saturated heterocycles. The molecule has 0 radical (unpaired) electrons. The van der Waals surface area contributed by atoms with E-state index in [-0.39, 0.29) is 5.54 Å². The van der Waals surface area contributed by atoms with Crippen molar-refractivity contribution < 1.29 is 0 Å². The summed E-state index contributed by atoms with van der Waals surface area (Å²) in [6.45, 7) is 2.41. The van der Waals surface area contributed by atoms with Gasteiger partial charge in [0.05, 0.1) is 9.33 Å². The minimum atomic E-state index is -0.378. The van der Waals surface area contributed by atoms with Crippen molar-refractivity contribution in [2.75, 3.05) is 6.54 Å². The first-order valence-electron chi connectivity index (χ1n) is 3.31. The lowest BCUT2D eigenvalue weighted by Crippen LogP contribution is -2.39. The van der Waals surface area contributed by atoms with Crippen LogP contribution >= 0.6 is 27.3 Å². The van der Waals surface area contributed by atoms with Crippen LogP contribution in [0, 0.1) is 0 Å². The molecule has 0 amide bonds. The van der Waals surface area contributed by atoms with E-state index in [0.717, 1.165) is 8.66 Å². The molecule has 4 N–H and O–H groups in total. The molecule has 1 unspecified atom stereocenters. The Morgan fingerprint density at radius 1 is 1.64 bits per heavy atom. The molecular formula is C7H11BrN2S. The Kier molecular flexibility index (Phi) is 2.70. The monoisotopic (exact) mass is 234 g/mol. The maximum Gasteiger partial charge on any atom is 0.0702 e. The maximum atomic E-state index is 5.92. The normalized spacial score (nSPS) is 16.4. The van der Waals surface area contributed by atoms with Crippen LogP contribution in [-0.2, 0) is 5.54 Å². The average Bonchev–Trinajstić information content (AvgIpc) is 2.36. The molecule has 0 spiro atoms. The highest BCUT2D eigenvalue weighted by molar-refractivity contribution is 9.11. The Balaban J connectivity index is 2.92. The lowest BCUT2D eigenvalue weighted by Gasteiger charge is -2.20. The van der Waals surface area contributed by atoms with Crippen molar-refractivity contribution >= 4 is 27.3 Å². The molecule has 0 bridgehead atoms. The zero-order valence-corrected chi connectivity index (χ0v) is 8.71. The lowest BCUT2D eigenvalue weighted by molar-refractivity contribution is 0.518. The topological polar surface area (TPSA) is 52.0 Å². The average molecular weight is 235 g/mol. The van der Waals surface area contributed by atoms with Crippen LogP contribution in [0.15, 0.2) is 15.9 Å². The van der Waals surface area contributed by atoms with Crippen molar-refractivity contribution in [3.8, 4) is 0 Å². The highest BCUT2D eigenvalue weighted by atomic mass is 79.9. The van der Waals surface area contributed by atoms with Gasteiger partial charge in [-0.1, -0.05) is 0 Å². The van der Waals surface area contributed by atoms with Crippen LogP contribution in [0.25, 0.3) is 0 Å². The molecular weight excluding hydrogens is 224 g/mol.